The molecule has 2 atom stereocenters. The highest BCUT2D eigenvalue weighted by Crippen LogP contribution is 2.34. The Labute approximate surface area is 203 Å². The van der Waals surface area contributed by atoms with Gasteiger partial charge in [0.15, 0.2) is 0 Å². The fourth-order valence-corrected chi connectivity index (χ4v) is 4.99. The van der Waals surface area contributed by atoms with Crippen LogP contribution < -0.4 is 10.2 Å². The van der Waals surface area contributed by atoms with Gasteiger partial charge in [-0.1, -0.05) is 0 Å². The first-order chi connectivity index (χ1) is 17.2. The van der Waals surface area contributed by atoms with E-state index in [1.54, 1.807) is 6.07 Å². The lowest BCUT2D eigenvalue weighted by Crippen LogP contribution is -2.44. The highest BCUT2D eigenvalue weighted by atomic mass is 19.4. The average molecular weight is 512 g/mol. The summed E-state index contributed by atoms with van der Waals surface area (Å²) in [6.07, 6.45) is -3.59. The molecule has 0 aromatic carbocycles. The molecule has 0 spiro atoms. The van der Waals surface area contributed by atoms with Crippen molar-refractivity contribution in [3.63, 3.8) is 0 Å². The molecule has 36 heavy (non-hydrogen) atoms. The van der Waals surface area contributed by atoms with Crippen LogP contribution in [-0.2, 0) is 15.7 Å². The molecule has 5 heterocycles. The number of ether oxygens (including phenoxy) is 1. The van der Waals surface area contributed by atoms with E-state index in [2.05, 4.69) is 15.3 Å². The molecule has 2 bridgehead atoms. The van der Waals surface area contributed by atoms with Crippen LogP contribution in [0, 0.1) is 0 Å². The Morgan fingerprint density at radius 1 is 1.03 bits per heavy atom. The van der Waals surface area contributed by atoms with Crippen molar-refractivity contribution < 1.29 is 31.5 Å². The number of nitrogens with zero attached hydrogens (tertiary/aromatic N) is 5. The lowest BCUT2D eigenvalue weighted by atomic mass is 9.93. The number of carbonyl (C=O) groups excluding carboxylic acids is 1. The summed E-state index contributed by atoms with van der Waals surface area (Å²) >= 11 is 0. The van der Waals surface area contributed by atoms with Gasteiger partial charge in [-0.05, 0) is 37.8 Å². The fraction of sp³-hybridized carbons (Fsp3) is 0.565. The Bertz CT molecular complexity index is 1100. The topological polar surface area (TPSA) is 83.5 Å². The number of amides is 1. The first-order valence-corrected chi connectivity index (χ1v) is 11.8. The summed E-state index contributed by atoms with van der Waals surface area (Å²) in [4.78, 5) is 28.1. The summed E-state index contributed by atoms with van der Waals surface area (Å²) < 4.78 is 71.0. The van der Waals surface area contributed by atoms with Crippen LogP contribution >= 0.6 is 0 Å². The number of fused-ring (bicyclic) bond motifs is 2. The molecule has 13 heteroatoms. The van der Waals surface area contributed by atoms with E-state index >= 15 is 0 Å². The lowest BCUT2D eigenvalue weighted by Gasteiger charge is -2.34. The van der Waals surface area contributed by atoms with Crippen molar-refractivity contribution in [2.75, 3.05) is 36.4 Å². The number of likely N-dealkylation sites (tertiary alicyclic amines) is 1. The number of aromatic nitrogens is 3. The first kappa shape index (κ1) is 24.6. The van der Waals surface area contributed by atoms with Crippen LogP contribution in [0.15, 0.2) is 24.4 Å². The molecule has 0 aliphatic carbocycles. The van der Waals surface area contributed by atoms with Crippen LogP contribution in [0.3, 0.4) is 0 Å². The number of nitrogens with one attached hydrogen (secondary N) is 1. The van der Waals surface area contributed by atoms with Gasteiger partial charge in [0.05, 0.1) is 23.5 Å². The van der Waals surface area contributed by atoms with Gasteiger partial charge in [0.2, 0.25) is 5.95 Å². The summed E-state index contributed by atoms with van der Waals surface area (Å²) in [5.41, 5.74) is -0.201. The predicted molar refractivity (Wildman–Crippen MR) is 119 cm³/mol. The van der Waals surface area contributed by atoms with Gasteiger partial charge < -0.3 is 19.9 Å². The van der Waals surface area contributed by atoms with E-state index in [1.807, 2.05) is 4.90 Å². The highest BCUT2D eigenvalue weighted by Gasteiger charge is 2.36. The maximum absolute atomic E-state index is 13.2. The smallest absolute Gasteiger partial charge is 0.371 e. The summed E-state index contributed by atoms with van der Waals surface area (Å²) in [7, 11) is 0. The summed E-state index contributed by atoms with van der Waals surface area (Å²) in [6.45, 7) is 1.55. The molecule has 1 amide bonds. The standard InChI is InChI=1S/C23H25F5N6O2/c24-20(25)21(35)33-7-4-13(5-8-33)17-10-19(31-18-9-14(3-6-29-18)23(26,27)28)32-22(30-17)34-11-15-1-2-16(12-34)36-15/h3,6,9-10,13,15-16,20H,1-2,4-5,7-8,11-12H2,(H,29,30,31,32). The Kier molecular flexibility index (Phi) is 6.66. The number of anilines is 3. The third kappa shape index (κ3) is 5.35. The molecule has 0 radical (unpaired) electrons. The fourth-order valence-electron chi connectivity index (χ4n) is 4.99. The third-order valence-corrected chi connectivity index (χ3v) is 6.82. The third-order valence-electron chi connectivity index (χ3n) is 6.82. The number of rotatable bonds is 5. The zero-order valence-electron chi connectivity index (χ0n) is 19.2. The van der Waals surface area contributed by atoms with Crippen molar-refractivity contribution in [2.24, 2.45) is 0 Å². The molecule has 5 rings (SSSR count). The van der Waals surface area contributed by atoms with Crippen LogP contribution in [0.25, 0.3) is 0 Å². The van der Waals surface area contributed by atoms with Crippen molar-refractivity contribution in [3.8, 4) is 0 Å². The molecule has 0 saturated carbocycles. The number of alkyl halides is 5. The number of piperidine rings is 1. The normalized spacial score (nSPS) is 22.8. The van der Waals surface area contributed by atoms with E-state index in [0.717, 1.165) is 36.1 Å². The minimum absolute atomic E-state index is 0.0141. The Hall–Kier alpha value is -3.09. The maximum Gasteiger partial charge on any atom is 0.416 e. The molecule has 3 aliphatic heterocycles. The summed E-state index contributed by atoms with van der Waals surface area (Å²) in [6, 6.07) is 3.45. The van der Waals surface area contributed by atoms with Gasteiger partial charge in [0.1, 0.15) is 11.6 Å². The van der Waals surface area contributed by atoms with Gasteiger partial charge in [-0.15, -0.1) is 0 Å². The van der Waals surface area contributed by atoms with E-state index in [9.17, 15) is 26.7 Å². The number of carbonyl (C=O) groups is 1. The zero-order valence-corrected chi connectivity index (χ0v) is 19.2. The van der Waals surface area contributed by atoms with Crippen LogP contribution in [0.4, 0.5) is 39.5 Å². The van der Waals surface area contributed by atoms with E-state index in [0.29, 0.717) is 37.6 Å². The van der Waals surface area contributed by atoms with E-state index in [-0.39, 0.29) is 42.9 Å². The summed E-state index contributed by atoms with van der Waals surface area (Å²) in [5.74, 6) is -0.611. The quantitative estimate of drug-likeness (QED) is 0.607. The number of morpholine rings is 1. The minimum atomic E-state index is -4.52. The highest BCUT2D eigenvalue weighted by molar-refractivity contribution is 5.79. The molecular weight excluding hydrogens is 487 g/mol. The van der Waals surface area contributed by atoms with E-state index in [4.69, 9.17) is 9.72 Å². The molecule has 2 aromatic heterocycles. The van der Waals surface area contributed by atoms with Gasteiger partial charge in [-0.3, -0.25) is 4.79 Å². The van der Waals surface area contributed by atoms with Gasteiger partial charge in [0, 0.05) is 44.4 Å². The molecule has 3 saturated heterocycles. The molecule has 8 nitrogen and oxygen atoms in total. The van der Waals surface area contributed by atoms with Crippen LogP contribution in [-0.4, -0.2) is 70.6 Å². The number of hydrogen-bond acceptors (Lipinski definition) is 7. The van der Waals surface area contributed by atoms with Gasteiger partial charge >= 0.3 is 12.6 Å². The molecule has 2 aromatic rings. The van der Waals surface area contributed by atoms with E-state index in [1.165, 1.54) is 0 Å². The van der Waals surface area contributed by atoms with Crippen LogP contribution in [0.1, 0.15) is 42.9 Å². The predicted octanol–water partition coefficient (Wildman–Crippen LogP) is 3.97. The van der Waals surface area contributed by atoms with Crippen molar-refractivity contribution in [3.05, 3.63) is 35.7 Å². The van der Waals surface area contributed by atoms with Crippen molar-refractivity contribution in [1.82, 2.24) is 19.9 Å². The first-order valence-electron chi connectivity index (χ1n) is 11.8. The lowest BCUT2D eigenvalue weighted by molar-refractivity contribution is -0.144. The molecule has 3 fully saturated rings. The van der Waals surface area contributed by atoms with Gasteiger partial charge in [0.25, 0.3) is 5.91 Å². The van der Waals surface area contributed by atoms with Crippen molar-refractivity contribution >= 4 is 23.5 Å². The average Bonchev–Trinajstić information content (AvgIpc) is 3.20. The summed E-state index contributed by atoms with van der Waals surface area (Å²) in [5, 5.41) is 2.87. The molecule has 194 valence electrons. The van der Waals surface area contributed by atoms with Crippen LogP contribution in [0.5, 0.6) is 0 Å². The Balaban J connectivity index is 1.41. The van der Waals surface area contributed by atoms with E-state index < -0.39 is 24.1 Å². The number of pyridine rings is 1. The molecule has 3 aliphatic rings. The second-order valence-electron chi connectivity index (χ2n) is 9.29. The van der Waals surface area contributed by atoms with Crippen molar-refractivity contribution in [2.45, 2.75) is 56.4 Å². The maximum atomic E-state index is 13.2. The number of halogens is 5. The number of hydrogen-bond donors (Lipinski definition) is 1. The minimum Gasteiger partial charge on any atom is -0.371 e. The zero-order chi connectivity index (χ0) is 25.4. The molecule has 1 N–H and O–H groups in total. The second kappa shape index (κ2) is 9.75. The van der Waals surface area contributed by atoms with Gasteiger partial charge in [-0.2, -0.15) is 26.9 Å². The van der Waals surface area contributed by atoms with Crippen molar-refractivity contribution in [1.29, 1.82) is 0 Å². The largest absolute Gasteiger partial charge is 0.416 e. The Morgan fingerprint density at radius 2 is 1.72 bits per heavy atom. The Morgan fingerprint density at radius 3 is 2.36 bits per heavy atom. The molecule has 2 unspecified atom stereocenters. The van der Waals surface area contributed by atoms with Gasteiger partial charge in [-0.25, -0.2) is 9.97 Å². The second-order valence-corrected chi connectivity index (χ2v) is 9.29. The van der Waals surface area contributed by atoms with Crippen LogP contribution in [0.2, 0.25) is 0 Å². The monoisotopic (exact) mass is 512 g/mol. The molecular formula is C23H25F5N6O2. The SMILES string of the molecule is O=C(C(F)F)N1CCC(c2cc(Nc3cc(C(F)(F)F)ccn3)nc(N3CC4CCC(C3)O4)n2)CC1.